The number of carboxylic acid groups (broad SMARTS) is 1. The summed E-state index contributed by atoms with van der Waals surface area (Å²) in [6.07, 6.45) is 4.95. The number of hydrogen-bond donors (Lipinski definition) is 2. The lowest BCUT2D eigenvalue weighted by Gasteiger charge is -2.09. The van der Waals surface area contributed by atoms with Crippen LogP contribution in [-0.2, 0) is 0 Å². The summed E-state index contributed by atoms with van der Waals surface area (Å²) < 4.78 is 0. The Labute approximate surface area is 95.7 Å². The molecule has 0 saturated carbocycles. The Morgan fingerprint density at radius 3 is 2.88 bits per heavy atom. The zero-order chi connectivity index (χ0) is 12.0. The Hall–Kier alpha value is -1.58. The van der Waals surface area contributed by atoms with Gasteiger partial charge in [-0.2, -0.15) is 0 Å². The van der Waals surface area contributed by atoms with Gasteiger partial charge in [-0.25, -0.2) is 9.78 Å². The smallest absolute Gasteiger partial charge is 0.339 e. The summed E-state index contributed by atoms with van der Waals surface area (Å²) in [5.74, 6) is -0.452. The fourth-order valence-electron chi connectivity index (χ4n) is 1.54. The number of unbranched alkanes of at least 4 members (excludes halogenated alkanes) is 2. The topological polar surface area (TPSA) is 62.2 Å². The molecule has 0 spiro atoms. The third-order valence-electron chi connectivity index (χ3n) is 2.45. The summed E-state index contributed by atoms with van der Waals surface area (Å²) in [4.78, 5) is 15.1. The quantitative estimate of drug-likeness (QED) is 0.726. The maximum atomic E-state index is 11.1. The average Bonchev–Trinajstić information content (AvgIpc) is 2.24. The number of nitrogens with one attached hydrogen (secondary N) is 1. The highest BCUT2D eigenvalue weighted by Gasteiger charge is 2.13. The molecular weight excluding hydrogens is 204 g/mol. The number of aromatic nitrogens is 1. The van der Waals surface area contributed by atoms with Crippen LogP contribution in [0.1, 0.15) is 42.1 Å². The minimum Gasteiger partial charge on any atom is -0.478 e. The molecule has 1 rings (SSSR count). The van der Waals surface area contributed by atoms with Crippen LogP contribution in [0.3, 0.4) is 0 Å². The van der Waals surface area contributed by atoms with E-state index < -0.39 is 5.97 Å². The van der Waals surface area contributed by atoms with Crippen LogP contribution in [0.5, 0.6) is 0 Å². The van der Waals surface area contributed by atoms with Crippen molar-refractivity contribution in [2.45, 2.75) is 33.1 Å². The van der Waals surface area contributed by atoms with Crippen LogP contribution in [-0.4, -0.2) is 22.6 Å². The number of pyridine rings is 1. The molecule has 0 aliphatic carbocycles. The van der Waals surface area contributed by atoms with Gasteiger partial charge in [-0.05, 0) is 25.0 Å². The van der Waals surface area contributed by atoms with Crippen molar-refractivity contribution in [2.75, 3.05) is 11.9 Å². The highest BCUT2D eigenvalue weighted by atomic mass is 16.4. The van der Waals surface area contributed by atoms with E-state index in [1.165, 1.54) is 0 Å². The standard InChI is InChI=1S/C12H18N2O2/c1-3-4-5-7-13-11-10(12(15)16)9(2)6-8-14-11/h6,8H,3-5,7H2,1-2H3,(H,13,14)(H,15,16). The molecule has 0 aliphatic heterocycles. The van der Waals surface area contributed by atoms with Crippen molar-refractivity contribution < 1.29 is 9.90 Å². The molecule has 1 aromatic rings. The molecule has 88 valence electrons. The molecule has 0 fully saturated rings. The second-order valence-corrected chi connectivity index (χ2v) is 3.79. The van der Waals surface area contributed by atoms with Crippen molar-refractivity contribution >= 4 is 11.8 Å². The summed E-state index contributed by atoms with van der Waals surface area (Å²) in [6, 6.07) is 1.71. The molecule has 1 heterocycles. The third kappa shape index (κ3) is 3.22. The molecule has 0 aliphatic rings. The first-order valence-corrected chi connectivity index (χ1v) is 5.59. The van der Waals surface area contributed by atoms with E-state index in [-0.39, 0.29) is 5.56 Å². The summed E-state index contributed by atoms with van der Waals surface area (Å²) in [7, 11) is 0. The Kier molecular flexibility index (Phi) is 4.76. The monoisotopic (exact) mass is 222 g/mol. The van der Waals surface area contributed by atoms with E-state index in [1.807, 2.05) is 0 Å². The molecule has 0 amide bonds. The Bertz CT molecular complexity index is 364. The molecule has 4 nitrogen and oxygen atoms in total. The van der Waals surface area contributed by atoms with Crippen LogP contribution in [0.15, 0.2) is 12.3 Å². The SMILES string of the molecule is CCCCCNc1nccc(C)c1C(=O)O. The van der Waals surface area contributed by atoms with Crippen LogP contribution < -0.4 is 5.32 Å². The molecule has 0 unspecified atom stereocenters. The number of nitrogens with zero attached hydrogens (tertiary/aromatic N) is 1. The van der Waals surface area contributed by atoms with Gasteiger partial charge in [-0.3, -0.25) is 0 Å². The molecule has 0 bridgehead atoms. The second-order valence-electron chi connectivity index (χ2n) is 3.79. The first kappa shape index (κ1) is 12.5. The fourth-order valence-corrected chi connectivity index (χ4v) is 1.54. The number of hydrogen-bond acceptors (Lipinski definition) is 3. The molecule has 0 atom stereocenters. The predicted molar refractivity (Wildman–Crippen MR) is 63.9 cm³/mol. The van der Waals surface area contributed by atoms with E-state index in [9.17, 15) is 4.79 Å². The minimum atomic E-state index is -0.927. The van der Waals surface area contributed by atoms with E-state index in [4.69, 9.17) is 5.11 Å². The lowest BCUT2D eigenvalue weighted by Crippen LogP contribution is -2.11. The van der Waals surface area contributed by atoms with Crippen LogP contribution in [0.4, 0.5) is 5.82 Å². The molecule has 0 radical (unpaired) electrons. The van der Waals surface area contributed by atoms with Crippen LogP contribution in [0.25, 0.3) is 0 Å². The number of carbonyl (C=O) groups is 1. The summed E-state index contributed by atoms with van der Waals surface area (Å²) in [5, 5.41) is 12.1. The molecule has 0 aromatic carbocycles. The van der Waals surface area contributed by atoms with E-state index in [0.717, 1.165) is 31.4 Å². The molecule has 0 saturated heterocycles. The van der Waals surface area contributed by atoms with Crippen LogP contribution in [0.2, 0.25) is 0 Å². The van der Waals surface area contributed by atoms with Gasteiger partial charge in [-0.15, -0.1) is 0 Å². The maximum absolute atomic E-state index is 11.1. The van der Waals surface area contributed by atoms with Crippen molar-refractivity contribution in [3.05, 3.63) is 23.4 Å². The maximum Gasteiger partial charge on any atom is 0.339 e. The van der Waals surface area contributed by atoms with Gasteiger partial charge >= 0.3 is 5.97 Å². The lowest BCUT2D eigenvalue weighted by molar-refractivity contribution is 0.0697. The third-order valence-corrected chi connectivity index (χ3v) is 2.45. The van der Waals surface area contributed by atoms with E-state index >= 15 is 0 Å². The number of aromatic carboxylic acids is 1. The van der Waals surface area contributed by atoms with Crippen LogP contribution in [0, 0.1) is 6.92 Å². The largest absolute Gasteiger partial charge is 0.478 e. The summed E-state index contributed by atoms with van der Waals surface area (Å²) in [6.45, 7) is 4.68. The van der Waals surface area contributed by atoms with Crippen LogP contribution >= 0.6 is 0 Å². The van der Waals surface area contributed by atoms with E-state index in [0.29, 0.717) is 5.82 Å². The first-order chi connectivity index (χ1) is 7.66. The zero-order valence-corrected chi connectivity index (χ0v) is 9.79. The molecular formula is C12H18N2O2. The van der Waals surface area contributed by atoms with E-state index in [2.05, 4.69) is 17.2 Å². The molecule has 16 heavy (non-hydrogen) atoms. The summed E-state index contributed by atoms with van der Waals surface area (Å²) >= 11 is 0. The van der Waals surface area contributed by atoms with Gasteiger partial charge < -0.3 is 10.4 Å². The normalized spacial score (nSPS) is 10.1. The van der Waals surface area contributed by atoms with Gasteiger partial charge in [0.1, 0.15) is 11.4 Å². The number of anilines is 1. The predicted octanol–water partition coefficient (Wildman–Crippen LogP) is 2.69. The Morgan fingerprint density at radius 2 is 2.25 bits per heavy atom. The van der Waals surface area contributed by atoms with Crippen molar-refractivity contribution in [3.63, 3.8) is 0 Å². The van der Waals surface area contributed by atoms with Crippen molar-refractivity contribution in [2.24, 2.45) is 0 Å². The van der Waals surface area contributed by atoms with Gasteiger partial charge in [0.2, 0.25) is 0 Å². The number of aryl methyl sites for hydroxylation is 1. The number of carboxylic acids is 1. The highest BCUT2D eigenvalue weighted by Crippen LogP contribution is 2.16. The van der Waals surface area contributed by atoms with E-state index in [1.54, 1.807) is 19.2 Å². The molecule has 4 heteroatoms. The summed E-state index contributed by atoms with van der Waals surface area (Å²) in [5.41, 5.74) is 1.01. The Morgan fingerprint density at radius 1 is 1.50 bits per heavy atom. The van der Waals surface area contributed by atoms with Gasteiger partial charge in [0, 0.05) is 12.7 Å². The number of rotatable bonds is 6. The second kappa shape index (κ2) is 6.10. The Balaban J connectivity index is 2.71. The molecule has 2 N–H and O–H groups in total. The van der Waals surface area contributed by atoms with Crippen molar-refractivity contribution in [1.82, 2.24) is 4.98 Å². The van der Waals surface area contributed by atoms with Crippen molar-refractivity contribution in [1.29, 1.82) is 0 Å². The highest BCUT2D eigenvalue weighted by molar-refractivity contribution is 5.94. The molecule has 1 aromatic heterocycles. The average molecular weight is 222 g/mol. The lowest BCUT2D eigenvalue weighted by atomic mass is 10.1. The van der Waals surface area contributed by atoms with Gasteiger partial charge in [0.25, 0.3) is 0 Å². The van der Waals surface area contributed by atoms with Gasteiger partial charge in [0.05, 0.1) is 0 Å². The minimum absolute atomic E-state index is 0.277. The first-order valence-electron chi connectivity index (χ1n) is 5.59. The van der Waals surface area contributed by atoms with Gasteiger partial charge in [-0.1, -0.05) is 19.8 Å². The zero-order valence-electron chi connectivity index (χ0n) is 9.79. The van der Waals surface area contributed by atoms with Gasteiger partial charge in [0.15, 0.2) is 0 Å². The fraction of sp³-hybridized carbons (Fsp3) is 0.500. The van der Waals surface area contributed by atoms with Crippen molar-refractivity contribution in [3.8, 4) is 0 Å².